The van der Waals surface area contributed by atoms with Gasteiger partial charge in [0.25, 0.3) is 0 Å². The Bertz CT molecular complexity index is 929. The highest BCUT2D eigenvalue weighted by atomic mass is 35.5. The molecular formula is C19H22ClN3O3. The minimum Gasteiger partial charge on any atom is -0.495 e. The lowest BCUT2D eigenvalue weighted by Gasteiger charge is -2.36. The molecule has 6 nitrogen and oxygen atoms in total. The summed E-state index contributed by atoms with van der Waals surface area (Å²) < 4.78 is 10.6. The average molecular weight is 376 g/mol. The summed E-state index contributed by atoms with van der Waals surface area (Å²) in [4.78, 5) is 19.0. The van der Waals surface area contributed by atoms with Crippen molar-refractivity contribution in [1.29, 1.82) is 0 Å². The van der Waals surface area contributed by atoms with Crippen molar-refractivity contribution in [2.24, 2.45) is 0 Å². The number of benzene rings is 2. The summed E-state index contributed by atoms with van der Waals surface area (Å²) in [6, 6.07) is 13.9. The zero-order valence-electron chi connectivity index (χ0n) is 14.6. The number of aromatic nitrogens is 1. The Kier molecular flexibility index (Phi) is 5.54. The van der Waals surface area contributed by atoms with Crippen molar-refractivity contribution < 1.29 is 9.15 Å². The lowest BCUT2D eigenvalue weighted by Crippen LogP contribution is -2.46. The molecule has 0 atom stereocenters. The highest BCUT2D eigenvalue weighted by Gasteiger charge is 2.20. The smallest absolute Gasteiger partial charge is 0.417 e. The van der Waals surface area contributed by atoms with Crippen molar-refractivity contribution >= 4 is 29.2 Å². The number of methoxy groups -OCH3 is 1. The monoisotopic (exact) mass is 375 g/mol. The number of anilines is 1. The Hall–Kier alpha value is -2.44. The first-order valence-electron chi connectivity index (χ1n) is 8.45. The first-order valence-corrected chi connectivity index (χ1v) is 8.45. The lowest BCUT2D eigenvalue weighted by atomic mass is 10.1. The van der Waals surface area contributed by atoms with Crippen LogP contribution in [0, 0.1) is 0 Å². The van der Waals surface area contributed by atoms with Crippen LogP contribution in [0.25, 0.3) is 11.1 Å². The van der Waals surface area contributed by atoms with E-state index in [0.29, 0.717) is 5.58 Å². The second-order valence-corrected chi connectivity index (χ2v) is 6.24. The molecule has 0 amide bonds. The molecule has 1 saturated heterocycles. The van der Waals surface area contributed by atoms with Crippen molar-refractivity contribution in [3.63, 3.8) is 0 Å². The molecule has 1 fully saturated rings. The Labute approximate surface area is 157 Å². The highest BCUT2D eigenvalue weighted by Crippen LogP contribution is 2.28. The molecule has 1 N–H and O–H groups in total. The van der Waals surface area contributed by atoms with E-state index >= 15 is 0 Å². The van der Waals surface area contributed by atoms with Crippen molar-refractivity contribution in [2.45, 2.75) is 6.54 Å². The number of ether oxygens (including phenoxy) is 1. The van der Waals surface area contributed by atoms with Crippen LogP contribution in [0.1, 0.15) is 5.56 Å². The van der Waals surface area contributed by atoms with Crippen LogP contribution in [0.2, 0.25) is 0 Å². The maximum Gasteiger partial charge on any atom is 0.417 e. The first-order chi connectivity index (χ1) is 12.2. The SMILES string of the molecule is COc1ccccc1N1CCN(Cc2cccc3oc(=O)[nH]c23)CC1.Cl. The first kappa shape index (κ1) is 18.4. The number of piperazine rings is 1. The number of nitrogens with one attached hydrogen (secondary N) is 1. The molecule has 0 bridgehead atoms. The molecule has 1 aromatic heterocycles. The van der Waals surface area contributed by atoms with Crippen molar-refractivity contribution in [3.05, 3.63) is 58.6 Å². The Morgan fingerprint density at radius 1 is 1.08 bits per heavy atom. The molecule has 1 aliphatic heterocycles. The summed E-state index contributed by atoms with van der Waals surface area (Å²) >= 11 is 0. The molecule has 2 heterocycles. The van der Waals surface area contributed by atoms with Crippen LogP contribution in [-0.2, 0) is 6.54 Å². The van der Waals surface area contributed by atoms with Crippen LogP contribution < -0.4 is 15.4 Å². The van der Waals surface area contributed by atoms with Crippen LogP contribution >= 0.6 is 12.4 Å². The van der Waals surface area contributed by atoms with E-state index in [-0.39, 0.29) is 12.4 Å². The predicted octanol–water partition coefficient (Wildman–Crippen LogP) is 2.87. The molecule has 0 unspecified atom stereocenters. The fourth-order valence-corrected chi connectivity index (χ4v) is 3.44. The quantitative estimate of drug-likeness (QED) is 0.759. The third-order valence-electron chi connectivity index (χ3n) is 4.73. The van der Waals surface area contributed by atoms with Gasteiger partial charge in [-0.25, -0.2) is 4.79 Å². The van der Waals surface area contributed by atoms with Crippen LogP contribution in [-0.4, -0.2) is 43.2 Å². The number of nitrogens with zero attached hydrogens (tertiary/aromatic N) is 2. The molecule has 0 spiro atoms. The summed E-state index contributed by atoms with van der Waals surface area (Å²) in [5.74, 6) is 0.514. The largest absolute Gasteiger partial charge is 0.495 e. The minimum absolute atomic E-state index is 0. The Morgan fingerprint density at radius 2 is 1.85 bits per heavy atom. The molecular weight excluding hydrogens is 354 g/mol. The Morgan fingerprint density at radius 3 is 2.62 bits per heavy atom. The van der Waals surface area contributed by atoms with E-state index in [1.165, 1.54) is 0 Å². The van der Waals surface area contributed by atoms with Gasteiger partial charge in [-0.2, -0.15) is 0 Å². The maximum atomic E-state index is 11.4. The van der Waals surface area contributed by atoms with Crippen LogP contribution in [0.15, 0.2) is 51.7 Å². The Balaban J connectivity index is 0.00000196. The molecule has 2 aromatic carbocycles. The molecule has 26 heavy (non-hydrogen) atoms. The van der Waals surface area contributed by atoms with Crippen LogP contribution in [0.4, 0.5) is 5.69 Å². The second-order valence-electron chi connectivity index (χ2n) is 6.24. The number of para-hydroxylation sites is 3. The van der Waals surface area contributed by atoms with Gasteiger partial charge in [0.05, 0.1) is 18.3 Å². The highest BCUT2D eigenvalue weighted by molar-refractivity contribution is 5.85. The van der Waals surface area contributed by atoms with Crippen molar-refractivity contribution in [3.8, 4) is 5.75 Å². The number of hydrogen-bond donors (Lipinski definition) is 1. The molecule has 0 saturated carbocycles. The molecule has 138 valence electrons. The van der Waals surface area contributed by atoms with Crippen LogP contribution in [0.5, 0.6) is 5.75 Å². The summed E-state index contributed by atoms with van der Waals surface area (Å²) in [5, 5.41) is 0. The van der Waals surface area contributed by atoms with Crippen molar-refractivity contribution in [2.75, 3.05) is 38.2 Å². The molecule has 7 heteroatoms. The van der Waals surface area contributed by atoms with Gasteiger partial charge in [-0.1, -0.05) is 24.3 Å². The van der Waals surface area contributed by atoms with E-state index in [4.69, 9.17) is 9.15 Å². The van der Waals surface area contributed by atoms with Crippen molar-refractivity contribution in [1.82, 2.24) is 9.88 Å². The van der Waals surface area contributed by atoms with Gasteiger partial charge in [-0.05, 0) is 23.8 Å². The van der Waals surface area contributed by atoms with Gasteiger partial charge >= 0.3 is 5.76 Å². The molecule has 0 aliphatic carbocycles. The normalized spacial score (nSPS) is 15.0. The topological polar surface area (TPSA) is 61.7 Å². The van der Waals surface area contributed by atoms with E-state index in [0.717, 1.165) is 55.2 Å². The number of rotatable bonds is 4. The molecule has 4 rings (SSSR count). The molecule has 1 aliphatic rings. The van der Waals surface area contributed by atoms with E-state index < -0.39 is 5.76 Å². The standard InChI is InChI=1S/C19H21N3O3.ClH/c1-24-16-7-3-2-6-15(16)22-11-9-21(10-12-22)13-14-5-4-8-17-18(14)20-19(23)25-17;/h2-8H,9-13H2,1H3,(H,20,23);1H. The second kappa shape index (κ2) is 7.85. The van der Waals surface area contributed by atoms with Gasteiger partial charge < -0.3 is 14.1 Å². The molecule has 0 radical (unpaired) electrons. The van der Waals surface area contributed by atoms with Gasteiger partial charge in [0, 0.05) is 32.7 Å². The van der Waals surface area contributed by atoms with Gasteiger partial charge in [-0.3, -0.25) is 9.88 Å². The summed E-state index contributed by atoms with van der Waals surface area (Å²) in [5.41, 5.74) is 3.66. The average Bonchev–Trinajstić information content (AvgIpc) is 3.04. The van der Waals surface area contributed by atoms with E-state index in [1.807, 2.05) is 36.4 Å². The fourth-order valence-electron chi connectivity index (χ4n) is 3.44. The van der Waals surface area contributed by atoms with Gasteiger partial charge in [0.1, 0.15) is 5.75 Å². The predicted molar refractivity (Wildman–Crippen MR) is 105 cm³/mol. The third-order valence-corrected chi connectivity index (χ3v) is 4.73. The summed E-state index contributed by atoms with van der Waals surface area (Å²) in [7, 11) is 1.71. The fraction of sp³-hybridized carbons (Fsp3) is 0.316. The summed E-state index contributed by atoms with van der Waals surface area (Å²) in [6.07, 6.45) is 0. The lowest BCUT2D eigenvalue weighted by molar-refractivity contribution is 0.250. The van der Waals surface area contributed by atoms with E-state index in [2.05, 4.69) is 20.9 Å². The van der Waals surface area contributed by atoms with E-state index in [9.17, 15) is 4.79 Å². The molecule has 3 aromatic rings. The number of halogens is 1. The number of aromatic amines is 1. The van der Waals surface area contributed by atoms with Gasteiger partial charge in [-0.15, -0.1) is 12.4 Å². The zero-order chi connectivity index (χ0) is 17.2. The maximum absolute atomic E-state index is 11.4. The third kappa shape index (κ3) is 3.57. The van der Waals surface area contributed by atoms with E-state index in [1.54, 1.807) is 7.11 Å². The zero-order valence-corrected chi connectivity index (χ0v) is 15.4. The number of oxazole rings is 1. The van der Waals surface area contributed by atoms with Gasteiger partial charge in [0.2, 0.25) is 0 Å². The number of hydrogen-bond acceptors (Lipinski definition) is 5. The number of H-pyrrole nitrogens is 1. The van der Waals surface area contributed by atoms with Crippen LogP contribution in [0.3, 0.4) is 0 Å². The van der Waals surface area contributed by atoms with Gasteiger partial charge in [0.15, 0.2) is 5.58 Å². The minimum atomic E-state index is -0.400. The number of fused-ring (bicyclic) bond motifs is 1. The summed E-state index contributed by atoms with van der Waals surface area (Å²) in [6.45, 7) is 4.59.